The molecule has 2 aliphatic heterocycles. The van der Waals surface area contributed by atoms with Crippen molar-refractivity contribution in [2.45, 2.75) is 64.0 Å². The minimum atomic E-state index is -0.809. The van der Waals surface area contributed by atoms with Gasteiger partial charge >= 0.3 is 0 Å². The van der Waals surface area contributed by atoms with Gasteiger partial charge in [0.2, 0.25) is 11.8 Å². The number of carbonyl (C=O) groups is 2. The van der Waals surface area contributed by atoms with Crippen LogP contribution in [0, 0.1) is 0 Å². The van der Waals surface area contributed by atoms with Crippen LogP contribution >= 0.6 is 0 Å². The number of likely N-dealkylation sites (tertiary alicyclic amines) is 1. The van der Waals surface area contributed by atoms with Gasteiger partial charge in [-0.05, 0) is 59.7 Å². The van der Waals surface area contributed by atoms with E-state index in [1.807, 2.05) is 49.9 Å². The van der Waals surface area contributed by atoms with Crippen LogP contribution in [0.4, 0.5) is 5.69 Å². The SMILES string of the molecule is CC.CNC(=O)CC1(C)C(=O)N(C2CCN(C3Cc4cccc5cccc3c45)CC2)c2ccccc21. The third-order valence-electron chi connectivity index (χ3n) is 8.34. The van der Waals surface area contributed by atoms with Gasteiger partial charge in [-0.25, -0.2) is 0 Å². The van der Waals surface area contributed by atoms with Crippen molar-refractivity contribution in [3.05, 3.63) is 77.4 Å². The molecule has 3 aromatic carbocycles. The predicted octanol–water partition coefficient (Wildman–Crippen LogP) is 5.37. The van der Waals surface area contributed by atoms with Crippen molar-refractivity contribution in [3.63, 3.8) is 0 Å². The van der Waals surface area contributed by atoms with E-state index in [0.717, 1.165) is 43.6 Å². The molecule has 36 heavy (non-hydrogen) atoms. The van der Waals surface area contributed by atoms with Crippen molar-refractivity contribution in [3.8, 4) is 0 Å². The Balaban J connectivity index is 0.00000130. The van der Waals surface area contributed by atoms with E-state index < -0.39 is 5.41 Å². The van der Waals surface area contributed by atoms with Gasteiger partial charge in [-0.3, -0.25) is 14.5 Å². The quantitative estimate of drug-likeness (QED) is 0.543. The van der Waals surface area contributed by atoms with Crippen LogP contribution in [0.2, 0.25) is 0 Å². The third kappa shape index (κ3) is 3.81. The number of rotatable bonds is 4. The lowest BCUT2D eigenvalue weighted by Gasteiger charge is -2.40. The fourth-order valence-corrected chi connectivity index (χ4v) is 6.58. The van der Waals surface area contributed by atoms with Crippen molar-refractivity contribution >= 4 is 28.3 Å². The summed E-state index contributed by atoms with van der Waals surface area (Å²) < 4.78 is 0. The van der Waals surface area contributed by atoms with Gasteiger partial charge in [0.1, 0.15) is 0 Å². The molecular weight excluding hydrogens is 446 g/mol. The van der Waals surface area contributed by atoms with E-state index in [1.165, 1.54) is 21.9 Å². The lowest BCUT2D eigenvalue weighted by Crippen LogP contribution is -2.50. The van der Waals surface area contributed by atoms with E-state index in [2.05, 4.69) is 46.6 Å². The first-order valence-electron chi connectivity index (χ1n) is 13.4. The maximum absolute atomic E-state index is 13.8. The first-order chi connectivity index (χ1) is 17.5. The molecule has 2 amide bonds. The van der Waals surface area contributed by atoms with Crippen molar-refractivity contribution in [2.24, 2.45) is 0 Å². The van der Waals surface area contributed by atoms with Crippen molar-refractivity contribution in [2.75, 3.05) is 25.0 Å². The summed E-state index contributed by atoms with van der Waals surface area (Å²) in [6.07, 6.45) is 3.13. The summed E-state index contributed by atoms with van der Waals surface area (Å²) in [6.45, 7) is 7.87. The van der Waals surface area contributed by atoms with E-state index in [0.29, 0.717) is 6.04 Å². The van der Waals surface area contributed by atoms with E-state index in [-0.39, 0.29) is 24.3 Å². The van der Waals surface area contributed by atoms with Crippen LogP contribution in [0.3, 0.4) is 0 Å². The minimum absolute atomic E-state index is 0.0637. The summed E-state index contributed by atoms with van der Waals surface area (Å²) in [6, 6.07) is 21.9. The molecule has 1 fully saturated rings. The van der Waals surface area contributed by atoms with Crippen LogP contribution in [-0.2, 0) is 21.4 Å². The van der Waals surface area contributed by atoms with Gasteiger partial charge in [0.25, 0.3) is 0 Å². The maximum Gasteiger partial charge on any atom is 0.238 e. The third-order valence-corrected chi connectivity index (χ3v) is 8.34. The Morgan fingerprint density at radius 1 is 1.00 bits per heavy atom. The number of anilines is 1. The molecule has 2 atom stereocenters. The first kappa shape index (κ1) is 24.5. The molecule has 2 unspecified atom stereocenters. The van der Waals surface area contributed by atoms with Gasteiger partial charge in [-0.1, -0.05) is 68.4 Å². The smallest absolute Gasteiger partial charge is 0.238 e. The minimum Gasteiger partial charge on any atom is -0.359 e. The molecule has 3 aromatic rings. The van der Waals surface area contributed by atoms with Crippen LogP contribution in [0.15, 0.2) is 60.7 Å². The highest BCUT2D eigenvalue weighted by molar-refractivity contribution is 6.10. The Morgan fingerprint density at radius 3 is 2.42 bits per heavy atom. The molecule has 0 spiro atoms. The number of amides is 2. The number of benzene rings is 3. The number of para-hydroxylation sites is 1. The maximum atomic E-state index is 13.8. The van der Waals surface area contributed by atoms with E-state index >= 15 is 0 Å². The highest BCUT2D eigenvalue weighted by atomic mass is 16.2. The Bertz CT molecular complexity index is 1290. The van der Waals surface area contributed by atoms with Crippen LogP contribution in [-0.4, -0.2) is 42.9 Å². The second-order valence-corrected chi connectivity index (χ2v) is 10.2. The molecule has 1 saturated heterocycles. The first-order valence-corrected chi connectivity index (χ1v) is 13.4. The Hall–Kier alpha value is -3.18. The van der Waals surface area contributed by atoms with Crippen molar-refractivity contribution < 1.29 is 9.59 Å². The molecule has 6 rings (SSSR count). The lowest BCUT2D eigenvalue weighted by atomic mass is 9.80. The Morgan fingerprint density at radius 2 is 1.69 bits per heavy atom. The molecule has 0 saturated carbocycles. The molecular formula is C31H37N3O2. The van der Waals surface area contributed by atoms with Crippen molar-refractivity contribution in [1.82, 2.24) is 10.2 Å². The van der Waals surface area contributed by atoms with Crippen LogP contribution in [0.5, 0.6) is 0 Å². The highest BCUT2D eigenvalue weighted by Gasteiger charge is 2.50. The highest BCUT2D eigenvalue weighted by Crippen LogP contribution is 2.47. The molecule has 5 heteroatoms. The molecule has 5 nitrogen and oxygen atoms in total. The van der Waals surface area contributed by atoms with Gasteiger partial charge in [0.05, 0.1) is 5.41 Å². The number of nitrogens with one attached hydrogen (secondary N) is 1. The molecule has 0 radical (unpaired) electrons. The Labute approximate surface area is 214 Å². The topological polar surface area (TPSA) is 52.7 Å². The van der Waals surface area contributed by atoms with Crippen LogP contribution in [0.1, 0.15) is 62.8 Å². The molecule has 2 heterocycles. The molecule has 0 bridgehead atoms. The van der Waals surface area contributed by atoms with Crippen LogP contribution < -0.4 is 10.2 Å². The zero-order chi connectivity index (χ0) is 25.4. The predicted molar refractivity (Wildman–Crippen MR) is 146 cm³/mol. The van der Waals surface area contributed by atoms with Gasteiger partial charge < -0.3 is 10.2 Å². The number of fused-ring (bicyclic) bond motifs is 1. The van der Waals surface area contributed by atoms with E-state index in [1.54, 1.807) is 7.05 Å². The molecule has 188 valence electrons. The largest absolute Gasteiger partial charge is 0.359 e. The summed E-state index contributed by atoms with van der Waals surface area (Å²) in [5, 5.41) is 5.47. The fraction of sp³-hybridized carbons (Fsp3) is 0.419. The summed E-state index contributed by atoms with van der Waals surface area (Å²) in [7, 11) is 1.63. The molecule has 1 N–H and O–H groups in total. The summed E-state index contributed by atoms with van der Waals surface area (Å²) in [5.41, 5.74) is 4.05. The van der Waals surface area contributed by atoms with Gasteiger partial charge in [0, 0.05) is 44.3 Å². The average Bonchev–Trinajstić information content (AvgIpc) is 3.40. The number of hydrogen-bond acceptors (Lipinski definition) is 3. The van der Waals surface area contributed by atoms with Crippen molar-refractivity contribution in [1.29, 1.82) is 0 Å². The summed E-state index contributed by atoms with van der Waals surface area (Å²) >= 11 is 0. The standard InChI is InChI=1S/C29H31N3O2.C2H6/c1-29(18-26(33)30-2)23-11-3-4-12-24(23)32(28(29)34)21-13-15-31(16-14-21)25-17-20-9-5-7-19-8-6-10-22(25)27(19)20;1-2/h3-12,21,25H,13-18H2,1-2H3,(H,30,33);1-2H3. The van der Waals surface area contributed by atoms with Gasteiger partial charge in [-0.15, -0.1) is 0 Å². The summed E-state index contributed by atoms with van der Waals surface area (Å²) in [4.78, 5) is 30.7. The zero-order valence-electron chi connectivity index (χ0n) is 21.9. The van der Waals surface area contributed by atoms with Gasteiger partial charge in [-0.2, -0.15) is 0 Å². The number of hydrogen-bond donors (Lipinski definition) is 1. The van der Waals surface area contributed by atoms with E-state index in [4.69, 9.17) is 0 Å². The second-order valence-electron chi connectivity index (χ2n) is 10.2. The zero-order valence-corrected chi connectivity index (χ0v) is 21.9. The monoisotopic (exact) mass is 483 g/mol. The average molecular weight is 484 g/mol. The van der Waals surface area contributed by atoms with Crippen LogP contribution in [0.25, 0.3) is 10.8 Å². The molecule has 0 aromatic heterocycles. The Kier molecular flexibility index (Phi) is 6.60. The fourth-order valence-electron chi connectivity index (χ4n) is 6.58. The number of piperidine rings is 1. The van der Waals surface area contributed by atoms with Gasteiger partial charge in [0.15, 0.2) is 0 Å². The molecule has 3 aliphatic rings. The molecule has 1 aliphatic carbocycles. The number of nitrogens with zero attached hydrogens (tertiary/aromatic N) is 2. The number of carbonyl (C=O) groups excluding carboxylic acids is 2. The van der Waals surface area contributed by atoms with E-state index in [9.17, 15) is 9.59 Å². The lowest BCUT2D eigenvalue weighted by molar-refractivity contribution is -0.129. The normalized spacial score (nSPS) is 23.4. The summed E-state index contributed by atoms with van der Waals surface area (Å²) in [5.74, 6) is -0.0360. The second kappa shape index (κ2) is 9.70.